The number of ether oxygens (including phenoxy) is 3. The zero-order valence-corrected chi connectivity index (χ0v) is 19.6. The number of anilines is 1. The number of carbonyl (C=O) groups excluding carboxylic acids is 3. The van der Waals surface area contributed by atoms with Gasteiger partial charge in [0.05, 0.1) is 26.5 Å². The number of benzene rings is 2. The van der Waals surface area contributed by atoms with E-state index in [1.807, 2.05) is 6.92 Å². The molecule has 3 rings (SSSR count). The summed E-state index contributed by atoms with van der Waals surface area (Å²) in [6, 6.07) is 9.84. The molecule has 3 amide bonds. The minimum Gasteiger partial charge on any atom is -0.493 e. The van der Waals surface area contributed by atoms with Gasteiger partial charge in [-0.25, -0.2) is 5.43 Å². The number of nitrogens with zero attached hydrogens (tertiary/aromatic N) is 2. The van der Waals surface area contributed by atoms with Gasteiger partial charge in [-0.05, 0) is 48.4 Å². The molecule has 10 nitrogen and oxygen atoms in total. The van der Waals surface area contributed by atoms with E-state index in [0.717, 1.165) is 5.56 Å². The molecule has 1 saturated heterocycles. The standard InChI is InChI=1S/C23H25ClN4O6/c1-15-3-5-17(12-18(15)24)26-22(30)23(31)27-25-13-16-4-6-19(20(11-16)32-2)34-14-21(29)28-7-9-33-10-8-28/h3-6,11-13H,7-10,14H2,1-2H3,(H,26,30)(H,27,31)/b25-13-. The maximum atomic E-state index is 12.2. The summed E-state index contributed by atoms with van der Waals surface area (Å²) in [5.41, 5.74) is 3.98. The van der Waals surface area contributed by atoms with Gasteiger partial charge in [-0.15, -0.1) is 0 Å². The fourth-order valence-corrected chi connectivity index (χ4v) is 3.18. The van der Waals surface area contributed by atoms with Crippen LogP contribution in [0.5, 0.6) is 11.5 Å². The Hall–Kier alpha value is -3.63. The van der Waals surface area contributed by atoms with Crippen molar-refractivity contribution >= 4 is 41.2 Å². The lowest BCUT2D eigenvalue weighted by atomic mass is 10.2. The summed E-state index contributed by atoms with van der Waals surface area (Å²) in [4.78, 5) is 37.9. The van der Waals surface area contributed by atoms with E-state index in [-0.39, 0.29) is 12.5 Å². The average molecular weight is 489 g/mol. The number of halogens is 1. The third-order valence-electron chi connectivity index (χ3n) is 4.92. The molecule has 0 atom stereocenters. The zero-order valence-electron chi connectivity index (χ0n) is 18.8. The molecule has 0 unspecified atom stereocenters. The van der Waals surface area contributed by atoms with Crippen molar-refractivity contribution in [1.29, 1.82) is 0 Å². The molecule has 2 N–H and O–H groups in total. The molecule has 0 aliphatic carbocycles. The number of methoxy groups -OCH3 is 1. The van der Waals surface area contributed by atoms with Crippen molar-refractivity contribution in [1.82, 2.24) is 10.3 Å². The molecule has 0 spiro atoms. The zero-order chi connectivity index (χ0) is 24.5. The molecule has 1 fully saturated rings. The smallest absolute Gasteiger partial charge is 0.329 e. The predicted octanol–water partition coefficient (Wildman–Crippen LogP) is 1.98. The molecule has 1 heterocycles. The number of amides is 3. The minimum atomic E-state index is -0.943. The van der Waals surface area contributed by atoms with E-state index in [4.69, 9.17) is 25.8 Å². The molecule has 11 heteroatoms. The first-order valence-electron chi connectivity index (χ1n) is 10.4. The lowest BCUT2D eigenvalue weighted by Crippen LogP contribution is -2.43. The number of rotatable bonds is 7. The van der Waals surface area contributed by atoms with Crippen molar-refractivity contribution in [2.24, 2.45) is 5.10 Å². The highest BCUT2D eigenvalue weighted by Gasteiger charge is 2.18. The lowest BCUT2D eigenvalue weighted by Gasteiger charge is -2.26. The topological polar surface area (TPSA) is 119 Å². The van der Waals surface area contributed by atoms with Crippen molar-refractivity contribution in [3.63, 3.8) is 0 Å². The fourth-order valence-electron chi connectivity index (χ4n) is 3.00. The van der Waals surface area contributed by atoms with Gasteiger partial charge in [0, 0.05) is 23.8 Å². The average Bonchev–Trinajstić information content (AvgIpc) is 2.85. The number of aryl methyl sites for hydroxylation is 1. The van der Waals surface area contributed by atoms with Crippen LogP contribution in [0.2, 0.25) is 5.02 Å². The van der Waals surface area contributed by atoms with Gasteiger partial charge in [-0.1, -0.05) is 17.7 Å². The van der Waals surface area contributed by atoms with E-state index in [9.17, 15) is 14.4 Å². The van der Waals surface area contributed by atoms with Gasteiger partial charge in [0.2, 0.25) is 0 Å². The third-order valence-corrected chi connectivity index (χ3v) is 5.33. The van der Waals surface area contributed by atoms with Crippen LogP contribution in [0.1, 0.15) is 11.1 Å². The summed E-state index contributed by atoms with van der Waals surface area (Å²) < 4.78 is 16.2. The number of hydrogen-bond acceptors (Lipinski definition) is 7. The van der Waals surface area contributed by atoms with Crippen molar-refractivity contribution < 1.29 is 28.6 Å². The minimum absolute atomic E-state index is 0.124. The van der Waals surface area contributed by atoms with Gasteiger partial charge in [0.1, 0.15) is 0 Å². The number of carbonyl (C=O) groups is 3. The van der Waals surface area contributed by atoms with E-state index in [1.165, 1.54) is 13.3 Å². The van der Waals surface area contributed by atoms with Crippen LogP contribution in [0.4, 0.5) is 5.69 Å². The number of morpholine rings is 1. The second-order valence-corrected chi connectivity index (χ2v) is 7.72. The summed E-state index contributed by atoms with van der Waals surface area (Å²) in [5.74, 6) is -1.19. The van der Waals surface area contributed by atoms with Gasteiger partial charge in [0.15, 0.2) is 18.1 Å². The van der Waals surface area contributed by atoms with Crippen LogP contribution in [-0.2, 0) is 19.1 Å². The van der Waals surface area contributed by atoms with Crippen molar-refractivity contribution in [3.05, 3.63) is 52.5 Å². The maximum Gasteiger partial charge on any atom is 0.329 e. The molecular formula is C23H25ClN4O6. The molecule has 2 aromatic rings. The molecule has 1 aliphatic rings. The highest BCUT2D eigenvalue weighted by Crippen LogP contribution is 2.27. The van der Waals surface area contributed by atoms with E-state index >= 15 is 0 Å². The molecule has 0 bridgehead atoms. The second kappa shape index (κ2) is 12.0. The second-order valence-electron chi connectivity index (χ2n) is 7.31. The normalized spacial score (nSPS) is 13.4. The molecule has 180 valence electrons. The fraction of sp³-hybridized carbons (Fsp3) is 0.304. The molecular weight excluding hydrogens is 464 g/mol. The lowest BCUT2D eigenvalue weighted by molar-refractivity contribution is -0.137. The highest BCUT2D eigenvalue weighted by atomic mass is 35.5. The molecule has 0 aromatic heterocycles. The Morgan fingerprint density at radius 1 is 1.12 bits per heavy atom. The number of hydrazone groups is 1. The molecule has 1 aliphatic heterocycles. The van der Waals surface area contributed by atoms with E-state index in [1.54, 1.807) is 41.3 Å². The first-order valence-corrected chi connectivity index (χ1v) is 10.8. The first-order chi connectivity index (χ1) is 16.4. The van der Waals surface area contributed by atoms with Crippen LogP contribution >= 0.6 is 11.6 Å². The Morgan fingerprint density at radius 3 is 2.59 bits per heavy atom. The molecule has 0 radical (unpaired) electrons. The van der Waals surface area contributed by atoms with Gasteiger partial charge in [-0.3, -0.25) is 14.4 Å². The van der Waals surface area contributed by atoms with E-state index in [2.05, 4.69) is 15.8 Å². The number of nitrogens with one attached hydrogen (secondary N) is 2. The summed E-state index contributed by atoms with van der Waals surface area (Å²) in [6.07, 6.45) is 1.35. The Labute approximate surface area is 201 Å². The summed E-state index contributed by atoms with van der Waals surface area (Å²) in [5, 5.41) is 6.72. The monoisotopic (exact) mass is 488 g/mol. The Kier molecular flexibility index (Phi) is 8.83. The Bertz CT molecular complexity index is 1090. The van der Waals surface area contributed by atoms with E-state index < -0.39 is 11.8 Å². The van der Waals surface area contributed by atoms with Gasteiger partial charge < -0.3 is 24.4 Å². The van der Waals surface area contributed by atoms with Crippen LogP contribution < -0.4 is 20.2 Å². The summed E-state index contributed by atoms with van der Waals surface area (Å²) >= 11 is 6.02. The quantitative estimate of drug-likeness (QED) is 0.349. The van der Waals surface area contributed by atoms with Gasteiger partial charge >= 0.3 is 11.8 Å². The molecule has 0 saturated carbocycles. The highest BCUT2D eigenvalue weighted by molar-refractivity contribution is 6.39. The van der Waals surface area contributed by atoms with Crippen LogP contribution in [-0.4, -0.2) is 68.9 Å². The maximum absolute atomic E-state index is 12.2. The van der Waals surface area contributed by atoms with Crippen molar-refractivity contribution in [2.75, 3.05) is 45.3 Å². The largest absolute Gasteiger partial charge is 0.493 e. The van der Waals surface area contributed by atoms with Gasteiger partial charge in [-0.2, -0.15) is 5.10 Å². The van der Waals surface area contributed by atoms with Gasteiger partial charge in [0.25, 0.3) is 5.91 Å². The SMILES string of the molecule is COc1cc(/C=N\NC(=O)C(=O)Nc2ccc(C)c(Cl)c2)ccc1OCC(=O)N1CCOCC1. The Morgan fingerprint density at radius 2 is 1.88 bits per heavy atom. The summed E-state index contributed by atoms with van der Waals surface area (Å²) in [6.45, 7) is 3.81. The van der Waals surface area contributed by atoms with Crippen LogP contribution in [0.25, 0.3) is 0 Å². The van der Waals surface area contributed by atoms with Crippen LogP contribution in [0.15, 0.2) is 41.5 Å². The van der Waals surface area contributed by atoms with Crippen LogP contribution in [0, 0.1) is 6.92 Å². The predicted molar refractivity (Wildman–Crippen MR) is 126 cm³/mol. The van der Waals surface area contributed by atoms with Crippen molar-refractivity contribution in [2.45, 2.75) is 6.92 Å². The Balaban J connectivity index is 1.52. The summed E-state index contributed by atoms with van der Waals surface area (Å²) in [7, 11) is 1.47. The number of hydrogen-bond donors (Lipinski definition) is 2. The van der Waals surface area contributed by atoms with Crippen LogP contribution in [0.3, 0.4) is 0 Å². The third kappa shape index (κ3) is 6.93. The van der Waals surface area contributed by atoms with E-state index in [0.29, 0.717) is 54.1 Å². The molecule has 34 heavy (non-hydrogen) atoms. The van der Waals surface area contributed by atoms with Crippen molar-refractivity contribution in [3.8, 4) is 11.5 Å². The molecule has 2 aromatic carbocycles. The first kappa shape index (κ1) is 25.0.